The van der Waals surface area contributed by atoms with Crippen LogP contribution in [0.25, 0.3) is 12.2 Å². The molecule has 2 heterocycles. The van der Waals surface area contributed by atoms with Gasteiger partial charge in [0, 0.05) is 6.08 Å². The molecule has 0 radical (unpaired) electrons. The molecule has 30 heavy (non-hydrogen) atoms. The van der Waals surface area contributed by atoms with E-state index in [4.69, 9.17) is 4.42 Å². The van der Waals surface area contributed by atoms with Crippen LogP contribution >= 0.6 is 11.3 Å². The van der Waals surface area contributed by atoms with Crippen LogP contribution in [0.3, 0.4) is 0 Å². The number of benzene rings is 2. The second-order valence-corrected chi connectivity index (χ2v) is 7.93. The third-order valence-corrected chi connectivity index (χ3v) is 5.62. The molecule has 4 aromatic rings. The number of hydrogen-bond acceptors (Lipinski definition) is 4. The molecule has 0 aliphatic rings. The molecule has 0 aliphatic carbocycles. The van der Waals surface area contributed by atoms with Gasteiger partial charge in [-0.1, -0.05) is 42.0 Å². The van der Waals surface area contributed by atoms with Crippen LogP contribution in [0.4, 0.5) is 4.39 Å². The Morgan fingerprint density at radius 1 is 1.13 bits per heavy atom. The van der Waals surface area contributed by atoms with Crippen LogP contribution < -0.4 is 14.8 Å². The lowest BCUT2D eigenvalue weighted by atomic mass is 10.1. The standard InChI is InChI=1S/C24H18FNO3S/c1-16-7-9-17(10-8-16)13-22-24(28)26(15-18-4-2-5-19(25)12-18)23(30-22)14-20(27)21-6-3-11-29-21/h2-14H,15H2,1H3/b22-13-,23-14-. The maximum atomic E-state index is 13.6. The summed E-state index contributed by atoms with van der Waals surface area (Å²) < 4.78 is 21.2. The monoisotopic (exact) mass is 419 g/mol. The number of carbonyl (C=O) groups excluding carboxylic acids is 1. The molecule has 4 rings (SSSR count). The topological polar surface area (TPSA) is 52.2 Å². The second kappa shape index (κ2) is 8.47. The van der Waals surface area contributed by atoms with Crippen molar-refractivity contribution < 1.29 is 13.6 Å². The Labute approximate surface area is 175 Å². The molecule has 0 N–H and O–H groups in total. The molecule has 0 atom stereocenters. The Hall–Kier alpha value is -3.51. The van der Waals surface area contributed by atoms with Gasteiger partial charge in [0.2, 0.25) is 5.78 Å². The molecule has 0 unspecified atom stereocenters. The van der Waals surface area contributed by atoms with Gasteiger partial charge < -0.3 is 4.42 Å². The quantitative estimate of drug-likeness (QED) is 0.466. The zero-order chi connectivity index (χ0) is 21.1. The van der Waals surface area contributed by atoms with Gasteiger partial charge in [-0.25, -0.2) is 4.39 Å². The number of thiazole rings is 1. The summed E-state index contributed by atoms with van der Waals surface area (Å²) in [6.07, 6.45) is 4.60. The van der Waals surface area contributed by atoms with Crippen LogP contribution in [0.1, 0.15) is 27.2 Å². The van der Waals surface area contributed by atoms with Crippen molar-refractivity contribution in [3.05, 3.63) is 115 Å². The molecule has 4 nitrogen and oxygen atoms in total. The summed E-state index contributed by atoms with van der Waals surface area (Å²) >= 11 is 1.22. The number of Topliss-reactive ketones (excluding diaryl/α,β-unsaturated/α-hetero) is 1. The van der Waals surface area contributed by atoms with E-state index in [1.165, 1.54) is 40.4 Å². The van der Waals surface area contributed by atoms with Crippen LogP contribution in [-0.2, 0) is 6.54 Å². The van der Waals surface area contributed by atoms with Gasteiger partial charge in [0.15, 0.2) is 5.76 Å². The molecule has 6 heteroatoms. The molecule has 0 saturated carbocycles. The predicted octanol–water partition coefficient (Wildman–Crippen LogP) is 3.49. The van der Waals surface area contributed by atoms with E-state index in [1.54, 1.807) is 30.3 Å². The van der Waals surface area contributed by atoms with E-state index in [-0.39, 0.29) is 29.5 Å². The number of rotatable bonds is 5. The molecular weight excluding hydrogens is 401 g/mol. The van der Waals surface area contributed by atoms with E-state index < -0.39 is 0 Å². The largest absolute Gasteiger partial charge is 0.461 e. The lowest BCUT2D eigenvalue weighted by Gasteiger charge is -2.03. The number of hydrogen-bond donors (Lipinski definition) is 0. The summed E-state index contributed by atoms with van der Waals surface area (Å²) in [6, 6.07) is 17.1. The van der Waals surface area contributed by atoms with Gasteiger partial charge in [0.05, 0.1) is 17.3 Å². The average molecular weight is 419 g/mol. The normalized spacial score (nSPS) is 12.5. The van der Waals surface area contributed by atoms with Crippen molar-refractivity contribution >= 4 is 29.3 Å². The lowest BCUT2D eigenvalue weighted by molar-refractivity contribution is 0.103. The van der Waals surface area contributed by atoms with Crippen molar-refractivity contribution in [2.24, 2.45) is 0 Å². The minimum atomic E-state index is -0.376. The van der Waals surface area contributed by atoms with E-state index in [0.29, 0.717) is 14.8 Å². The van der Waals surface area contributed by atoms with Crippen molar-refractivity contribution in [1.29, 1.82) is 0 Å². The number of furan rings is 1. The van der Waals surface area contributed by atoms with Crippen molar-refractivity contribution in [3.63, 3.8) is 0 Å². The van der Waals surface area contributed by atoms with Crippen molar-refractivity contribution in [2.45, 2.75) is 13.5 Å². The first-order valence-corrected chi connectivity index (χ1v) is 10.1. The Morgan fingerprint density at radius 3 is 2.63 bits per heavy atom. The highest BCUT2D eigenvalue weighted by atomic mass is 32.1. The minimum absolute atomic E-state index is 0.159. The lowest BCUT2D eigenvalue weighted by Crippen LogP contribution is -2.32. The number of ketones is 1. The second-order valence-electron chi connectivity index (χ2n) is 6.87. The summed E-state index contributed by atoms with van der Waals surface area (Å²) in [5.41, 5.74) is 2.42. The SMILES string of the molecule is Cc1ccc(/C=c2\s/c(=C\C(=O)c3ccco3)n(Cc3cccc(F)c3)c2=O)cc1. The number of aryl methyl sites for hydroxylation is 1. The molecule has 2 aromatic carbocycles. The van der Waals surface area contributed by atoms with E-state index in [1.807, 2.05) is 31.2 Å². The highest BCUT2D eigenvalue weighted by Crippen LogP contribution is 2.06. The van der Waals surface area contributed by atoms with Gasteiger partial charge in [0.25, 0.3) is 5.56 Å². The van der Waals surface area contributed by atoms with Gasteiger partial charge in [-0.2, -0.15) is 0 Å². The molecule has 0 bridgehead atoms. The van der Waals surface area contributed by atoms with Crippen LogP contribution in [-0.4, -0.2) is 10.4 Å². The van der Waals surface area contributed by atoms with Crippen LogP contribution in [0, 0.1) is 12.7 Å². The van der Waals surface area contributed by atoms with Crippen molar-refractivity contribution in [1.82, 2.24) is 4.57 Å². The first-order valence-electron chi connectivity index (χ1n) is 9.32. The minimum Gasteiger partial charge on any atom is -0.461 e. The number of nitrogens with zero attached hydrogens (tertiary/aromatic N) is 1. The molecule has 0 saturated heterocycles. The third-order valence-electron chi connectivity index (χ3n) is 4.56. The van der Waals surface area contributed by atoms with Crippen LogP contribution in [0.5, 0.6) is 0 Å². The van der Waals surface area contributed by atoms with Gasteiger partial charge in [0.1, 0.15) is 10.5 Å². The van der Waals surface area contributed by atoms with Gasteiger partial charge in [-0.15, -0.1) is 11.3 Å². The maximum absolute atomic E-state index is 13.6. The smallest absolute Gasteiger partial charge is 0.269 e. The molecule has 150 valence electrons. The fraction of sp³-hybridized carbons (Fsp3) is 0.0833. The molecule has 0 spiro atoms. The summed E-state index contributed by atoms with van der Waals surface area (Å²) in [4.78, 5) is 25.6. The maximum Gasteiger partial charge on any atom is 0.269 e. The number of aromatic nitrogens is 1. The summed E-state index contributed by atoms with van der Waals surface area (Å²) in [7, 11) is 0. The first-order chi connectivity index (χ1) is 14.5. The molecule has 0 fully saturated rings. The Bertz CT molecular complexity index is 1360. The molecule has 0 amide bonds. The van der Waals surface area contributed by atoms with Gasteiger partial charge in [-0.3, -0.25) is 14.2 Å². The summed E-state index contributed by atoms with van der Waals surface area (Å²) in [5.74, 6) is -0.521. The molecule has 0 aliphatic heterocycles. The number of carbonyl (C=O) groups is 1. The van der Waals surface area contributed by atoms with Gasteiger partial charge >= 0.3 is 0 Å². The fourth-order valence-electron chi connectivity index (χ4n) is 3.03. The van der Waals surface area contributed by atoms with Crippen LogP contribution in [0.15, 0.2) is 76.1 Å². The number of halogens is 1. The Morgan fingerprint density at radius 2 is 1.93 bits per heavy atom. The van der Waals surface area contributed by atoms with Crippen molar-refractivity contribution in [3.8, 4) is 0 Å². The van der Waals surface area contributed by atoms with E-state index in [0.717, 1.165) is 11.1 Å². The Kier molecular flexibility index (Phi) is 5.59. The van der Waals surface area contributed by atoms with Crippen molar-refractivity contribution in [2.75, 3.05) is 0 Å². The van der Waals surface area contributed by atoms with Crippen LogP contribution in [0.2, 0.25) is 0 Å². The highest BCUT2D eigenvalue weighted by Gasteiger charge is 2.10. The highest BCUT2D eigenvalue weighted by molar-refractivity contribution is 7.07. The van der Waals surface area contributed by atoms with E-state index in [2.05, 4.69) is 0 Å². The molecular formula is C24H18FNO3S. The van der Waals surface area contributed by atoms with Gasteiger partial charge in [-0.05, 0) is 48.4 Å². The zero-order valence-electron chi connectivity index (χ0n) is 16.2. The fourth-order valence-corrected chi connectivity index (χ4v) is 4.07. The molecule has 2 aromatic heterocycles. The predicted molar refractivity (Wildman–Crippen MR) is 116 cm³/mol. The van der Waals surface area contributed by atoms with E-state index >= 15 is 0 Å². The Balaban J connectivity index is 1.85. The summed E-state index contributed by atoms with van der Waals surface area (Å²) in [6.45, 7) is 2.15. The average Bonchev–Trinajstić information content (AvgIpc) is 3.35. The first kappa shape index (κ1) is 19.8. The summed E-state index contributed by atoms with van der Waals surface area (Å²) in [5, 5.41) is 0. The third kappa shape index (κ3) is 4.39. The van der Waals surface area contributed by atoms with E-state index in [9.17, 15) is 14.0 Å². The zero-order valence-corrected chi connectivity index (χ0v) is 17.0.